The summed E-state index contributed by atoms with van der Waals surface area (Å²) in [6.07, 6.45) is -2.00. The van der Waals surface area contributed by atoms with E-state index in [0.717, 1.165) is 0 Å². The third-order valence-corrected chi connectivity index (χ3v) is 8.42. The van der Waals surface area contributed by atoms with E-state index < -0.39 is 45.8 Å². The predicted molar refractivity (Wildman–Crippen MR) is 144 cm³/mol. The van der Waals surface area contributed by atoms with Crippen LogP contribution in [0.5, 0.6) is 11.6 Å². The van der Waals surface area contributed by atoms with Gasteiger partial charge < -0.3 is 23.5 Å². The van der Waals surface area contributed by atoms with E-state index in [2.05, 4.69) is 25.1 Å². The first kappa shape index (κ1) is 31.8. The molecule has 17 heteroatoms. The summed E-state index contributed by atoms with van der Waals surface area (Å²) in [5.74, 6) is -0.598. The molecule has 4 rings (SSSR count). The number of aromatic nitrogens is 6. The maximum absolute atomic E-state index is 13.8. The van der Waals surface area contributed by atoms with Crippen molar-refractivity contribution in [1.29, 1.82) is 0 Å². The molecule has 4 heterocycles. The van der Waals surface area contributed by atoms with Crippen LogP contribution in [-0.4, -0.2) is 82.1 Å². The highest BCUT2D eigenvalue weighted by Gasteiger charge is 2.38. The number of nitrogens with zero attached hydrogens (tertiary/aromatic N) is 6. The summed E-state index contributed by atoms with van der Waals surface area (Å²) in [6.45, 7) is 5.55. The minimum absolute atomic E-state index is 0.0672. The van der Waals surface area contributed by atoms with Gasteiger partial charge >= 0.3 is 6.18 Å². The zero-order valence-corrected chi connectivity index (χ0v) is 24.8. The van der Waals surface area contributed by atoms with Crippen LogP contribution >= 0.6 is 11.6 Å². The van der Waals surface area contributed by atoms with Crippen LogP contribution in [0.4, 0.5) is 13.2 Å². The normalized spacial score (nSPS) is 16.7. The Morgan fingerprint density at radius 3 is 2.52 bits per heavy atom. The van der Waals surface area contributed by atoms with Gasteiger partial charge in [-0.25, -0.2) is 23.4 Å². The van der Waals surface area contributed by atoms with Crippen LogP contribution in [-0.2, 0) is 25.1 Å². The Labute approximate surface area is 245 Å². The lowest BCUT2D eigenvalue weighted by Gasteiger charge is -2.25. The molecule has 0 bridgehead atoms. The molecule has 230 valence electrons. The van der Waals surface area contributed by atoms with Gasteiger partial charge in [0.1, 0.15) is 24.3 Å². The van der Waals surface area contributed by atoms with Crippen molar-refractivity contribution < 1.29 is 40.5 Å². The Morgan fingerprint density at radius 2 is 1.88 bits per heavy atom. The molecule has 0 unspecified atom stereocenters. The smallest absolute Gasteiger partial charge is 0.422 e. The van der Waals surface area contributed by atoms with Gasteiger partial charge in [-0.2, -0.15) is 13.2 Å². The molecule has 42 heavy (non-hydrogen) atoms. The van der Waals surface area contributed by atoms with Gasteiger partial charge in [-0.1, -0.05) is 11.6 Å². The van der Waals surface area contributed by atoms with E-state index in [1.165, 1.54) is 31.6 Å². The molecular weight excluding hydrogens is 605 g/mol. The fourth-order valence-corrected chi connectivity index (χ4v) is 5.74. The van der Waals surface area contributed by atoms with E-state index in [9.17, 15) is 21.6 Å². The maximum atomic E-state index is 13.8. The number of halogens is 4. The average Bonchev–Trinajstić information content (AvgIpc) is 3.24. The Morgan fingerprint density at radius 1 is 1.17 bits per heavy atom. The Balaban J connectivity index is 1.72. The molecule has 0 radical (unpaired) electrons. The molecule has 0 fully saturated rings. The van der Waals surface area contributed by atoms with Crippen molar-refractivity contribution in [3.05, 3.63) is 41.3 Å². The summed E-state index contributed by atoms with van der Waals surface area (Å²) in [4.78, 5) is 12.2. The molecule has 0 N–H and O–H groups in total. The number of rotatable bonds is 12. The zero-order chi connectivity index (χ0) is 30.7. The molecule has 12 nitrogen and oxygen atoms in total. The highest BCUT2D eigenvalue weighted by molar-refractivity contribution is 7.91. The third-order valence-electron chi connectivity index (χ3n) is 6.19. The van der Waals surface area contributed by atoms with Crippen LogP contribution in [0.3, 0.4) is 0 Å². The second-order valence-corrected chi connectivity index (χ2v) is 12.5. The second-order valence-electron chi connectivity index (χ2n) is 9.71. The van der Waals surface area contributed by atoms with Crippen LogP contribution in [0.25, 0.3) is 11.4 Å². The molecule has 0 saturated heterocycles. The summed E-state index contributed by atoms with van der Waals surface area (Å²) < 4.78 is 90.0. The maximum Gasteiger partial charge on any atom is 0.422 e. The Kier molecular flexibility index (Phi) is 9.90. The molecule has 0 saturated carbocycles. The molecule has 1 aliphatic heterocycles. The second kappa shape index (κ2) is 13.1. The van der Waals surface area contributed by atoms with E-state index in [-0.39, 0.29) is 59.0 Å². The molecular formula is C25H30ClF3N6O6S. The number of alkyl halides is 3. The van der Waals surface area contributed by atoms with Crippen LogP contribution in [0.2, 0.25) is 5.02 Å². The number of sulfone groups is 1. The van der Waals surface area contributed by atoms with Gasteiger partial charge in [0.25, 0.3) is 5.88 Å². The molecule has 0 spiro atoms. The van der Waals surface area contributed by atoms with Crippen molar-refractivity contribution in [1.82, 2.24) is 29.7 Å². The Hall–Kier alpha value is -3.08. The monoisotopic (exact) mass is 634 g/mol. The molecule has 0 aliphatic carbocycles. The lowest BCUT2D eigenvalue weighted by atomic mass is 10.2. The van der Waals surface area contributed by atoms with E-state index >= 15 is 0 Å². The minimum Gasteiger partial charge on any atom is -0.485 e. The van der Waals surface area contributed by atoms with Gasteiger partial charge in [-0.15, -0.1) is 10.2 Å². The van der Waals surface area contributed by atoms with Gasteiger partial charge in [-0.05, 0) is 33.8 Å². The summed E-state index contributed by atoms with van der Waals surface area (Å²) in [5.41, 5.74) is 0.237. The summed E-state index contributed by atoms with van der Waals surface area (Å²) in [5, 5.41) is 7.56. The van der Waals surface area contributed by atoms with Crippen molar-refractivity contribution >= 4 is 21.4 Å². The molecule has 0 amide bonds. The number of ether oxygens (including phenoxy) is 4. The topological polar surface area (TPSA) is 140 Å². The molecule has 3 atom stereocenters. The van der Waals surface area contributed by atoms with Crippen LogP contribution < -0.4 is 9.47 Å². The van der Waals surface area contributed by atoms with E-state index in [1.54, 1.807) is 25.3 Å². The third kappa shape index (κ3) is 7.46. The van der Waals surface area contributed by atoms with Crippen LogP contribution in [0.15, 0.2) is 24.7 Å². The largest absolute Gasteiger partial charge is 0.485 e. The van der Waals surface area contributed by atoms with Crippen molar-refractivity contribution in [3.63, 3.8) is 0 Å². The summed E-state index contributed by atoms with van der Waals surface area (Å²) in [6, 6.07) is 0.852. The summed E-state index contributed by atoms with van der Waals surface area (Å²) >= 11 is 5.92. The van der Waals surface area contributed by atoms with Crippen molar-refractivity contribution in [2.24, 2.45) is 0 Å². The lowest BCUT2D eigenvalue weighted by Crippen LogP contribution is -2.32. The molecule has 1 aliphatic rings. The number of fused-ring (bicyclic) bond motifs is 3. The van der Waals surface area contributed by atoms with E-state index in [1.807, 2.05) is 0 Å². The average molecular weight is 635 g/mol. The fraction of sp³-hybridized carbons (Fsp3) is 0.560. The molecule has 3 aromatic rings. The standard InChI is InChI=1S/C25H30ClF3N6O6S/c1-5-38-10-17-11-39-21-18(6-7-30-24(21)40-13-25(27,28)29)23-34-33-19(35(17)23)12-42(36,37)15(4)20(41-14(2)3)22-31-8-16(26)9-32-22/h6-9,14-15,17,20H,5,10-13H2,1-4H3/t15-,17-,20+/m0/s1. The van der Waals surface area contributed by atoms with Gasteiger partial charge in [0.15, 0.2) is 33.8 Å². The lowest BCUT2D eigenvalue weighted by molar-refractivity contribution is -0.154. The highest BCUT2D eigenvalue weighted by atomic mass is 35.5. The van der Waals surface area contributed by atoms with Crippen LogP contribution in [0, 0.1) is 0 Å². The Bertz CT molecular complexity index is 1470. The van der Waals surface area contributed by atoms with Crippen molar-refractivity contribution in [2.75, 3.05) is 26.4 Å². The van der Waals surface area contributed by atoms with E-state index in [4.69, 9.17) is 30.5 Å². The highest BCUT2D eigenvalue weighted by Crippen LogP contribution is 2.41. The number of pyridine rings is 1. The quantitative estimate of drug-likeness (QED) is 0.283. The van der Waals surface area contributed by atoms with Crippen molar-refractivity contribution in [3.8, 4) is 23.0 Å². The summed E-state index contributed by atoms with van der Waals surface area (Å²) in [7, 11) is -3.99. The first-order valence-electron chi connectivity index (χ1n) is 13.0. The minimum atomic E-state index is -4.60. The fourth-order valence-electron chi connectivity index (χ4n) is 4.26. The number of hydrogen-bond acceptors (Lipinski definition) is 11. The molecule has 0 aromatic carbocycles. The van der Waals surface area contributed by atoms with Crippen molar-refractivity contribution in [2.45, 2.75) is 63.1 Å². The SMILES string of the molecule is CCOC[C@H]1COc2c(ccnc2OCC(F)(F)F)-c2nnc(CS(=O)(=O)[C@@H](C)[C@@H](OC(C)C)c3ncc(Cl)cn3)n21. The van der Waals surface area contributed by atoms with Gasteiger partial charge in [-0.3, -0.25) is 0 Å². The molecule has 3 aromatic heterocycles. The van der Waals surface area contributed by atoms with Crippen LogP contribution in [0.1, 0.15) is 51.5 Å². The van der Waals surface area contributed by atoms with Gasteiger partial charge in [0.2, 0.25) is 0 Å². The van der Waals surface area contributed by atoms with Gasteiger partial charge in [0.05, 0.1) is 34.6 Å². The number of hydrogen-bond donors (Lipinski definition) is 0. The first-order valence-corrected chi connectivity index (χ1v) is 15.1. The first-order chi connectivity index (χ1) is 19.8. The van der Waals surface area contributed by atoms with Gasteiger partial charge in [0, 0.05) is 25.2 Å². The predicted octanol–water partition coefficient (Wildman–Crippen LogP) is 4.16. The zero-order valence-electron chi connectivity index (χ0n) is 23.2. The van der Waals surface area contributed by atoms with E-state index in [0.29, 0.717) is 6.61 Å².